The molecule has 5 nitrogen and oxygen atoms in total. The van der Waals surface area contributed by atoms with Gasteiger partial charge in [-0.25, -0.2) is 0 Å². The summed E-state index contributed by atoms with van der Waals surface area (Å²) in [6, 6.07) is 0. The Balaban J connectivity index is -0.000000371. The fourth-order valence-electron chi connectivity index (χ4n) is 7.68. The molecule has 0 aliphatic heterocycles. The fourth-order valence-corrected chi connectivity index (χ4v) is 15.6. The number of hydrogen-bond acceptors (Lipinski definition) is 5. The number of carboxylic acids is 2. The molecule has 0 aromatic rings. The molecule has 0 amide bonds. The van der Waals surface area contributed by atoms with E-state index in [1.165, 1.54) is 231 Å². The first kappa shape index (κ1) is 69.9. The Kier molecular flexibility index (Phi) is 76.5. The first-order chi connectivity index (χ1) is 30.8. The first-order valence-electron chi connectivity index (χ1n) is 28.4. The van der Waals surface area contributed by atoms with Crippen LogP contribution in [-0.2, 0) is 12.7 Å². The van der Waals surface area contributed by atoms with Crippen molar-refractivity contribution < 1.29 is 22.9 Å². The van der Waals surface area contributed by atoms with E-state index < -0.39 is 31.7 Å². The molecule has 0 rings (SSSR count). The van der Waals surface area contributed by atoms with Gasteiger partial charge in [0.2, 0.25) is 0 Å². The average molecular weight is 1100 g/mol. The zero-order valence-corrected chi connectivity index (χ0v) is 49.7. The second kappa shape index (κ2) is 68.9. The molecular weight excluding hydrogens is 990 g/mol. The number of carbonyl (C=O) groups is 2. The molecule has 0 atom stereocenters. The van der Waals surface area contributed by atoms with E-state index in [-0.39, 0.29) is 34.0 Å². The fraction of sp³-hybridized carbons (Fsp3) is 0.964. The van der Waals surface area contributed by atoms with Crippen molar-refractivity contribution in [2.24, 2.45) is 0 Å². The van der Waals surface area contributed by atoms with Gasteiger partial charge in [-0.3, -0.25) is 0 Å². The standard InChI is InChI=1S/2C12H24O2.4C8H17.O.2Sn/c2*1-2-3-4-5-6-7-8-9-10-11-12(13)14;4*1-3-5-7-8-6-4-2;;;/h2*2-11H2,1H3,(H,13,14);4*1,3-8H2,2H3;;;/q;;;;;;;;+2/p-2. The molecule has 0 aromatic carbocycles. The molecule has 0 spiro atoms. The van der Waals surface area contributed by atoms with Crippen molar-refractivity contribution in [1.29, 1.82) is 0 Å². The molecule has 0 aliphatic carbocycles. The Morgan fingerprint density at radius 2 is 0.492 bits per heavy atom. The molecule has 0 saturated carbocycles. The molecular formula is C56H114O5Sn2. The summed E-state index contributed by atoms with van der Waals surface area (Å²) < 4.78 is 17.4. The van der Waals surface area contributed by atoms with E-state index >= 15 is 0 Å². The van der Waals surface area contributed by atoms with Gasteiger partial charge in [0, 0.05) is 11.9 Å². The third-order valence-corrected chi connectivity index (χ3v) is 21.2. The third kappa shape index (κ3) is 82.9. The summed E-state index contributed by atoms with van der Waals surface area (Å²) in [6.07, 6.45) is 56.2. The molecule has 0 heterocycles. The molecule has 63 heavy (non-hydrogen) atoms. The van der Waals surface area contributed by atoms with Gasteiger partial charge in [0.25, 0.3) is 0 Å². The molecule has 7 heteroatoms. The summed E-state index contributed by atoms with van der Waals surface area (Å²) in [5.74, 6) is -1.82. The van der Waals surface area contributed by atoms with Crippen LogP contribution in [-0.4, -0.2) is 52.8 Å². The summed E-state index contributed by atoms with van der Waals surface area (Å²) in [5, 5.41) is 20.2. The van der Waals surface area contributed by atoms with Crippen molar-refractivity contribution >= 4 is 52.8 Å². The van der Waals surface area contributed by atoms with Crippen molar-refractivity contribution in [2.75, 3.05) is 0 Å². The van der Waals surface area contributed by atoms with Crippen LogP contribution >= 0.6 is 0 Å². The number of aliphatic carboxylic acids is 2. The molecule has 0 aliphatic rings. The molecule has 376 valence electrons. The van der Waals surface area contributed by atoms with E-state index in [1.807, 2.05) is 0 Å². The SMILES string of the molecule is CCCCCCCCCCCC(=O)[O-].CCCCCCCCCCCC(=O)[O-].CCCCCCC[CH2][Sn+2][CH2]CCCCCCC.CCCCCCC[CH2][Sn](=[O])[CH2]CCCCCCC. The van der Waals surface area contributed by atoms with Gasteiger partial charge in [-0.2, -0.15) is 0 Å². The Morgan fingerprint density at radius 3 is 0.714 bits per heavy atom. The van der Waals surface area contributed by atoms with Crippen LogP contribution in [0.1, 0.15) is 324 Å². The zero-order valence-electron chi connectivity index (χ0n) is 44.0. The van der Waals surface area contributed by atoms with Crippen molar-refractivity contribution in [3.05, 3.63) is 0 Å². The van der Waals surface area contributed by atoms with Gasteiger partial charge < -0.3 is 19.8 Å². The number of carbonyl (C=O) groups excluding carboxylic acids is 2. The molecule has 0 unspecified atom stereocenters. The molecule has 0 fully saturated rings. The molecule has 0 aromatic heterocycles. The molecule has 0 radical (unpaired) electrons. The average Bonchev–Trinajstić information content (AvgIpc) is 3.27. The van der Waals surface area contributed by atoms with E-state index in [4.69, 9.17) is 0 Å². The number of rotatable bonds is 48. The summed E-state index contributed by atoms with van der Waals surface area (Å²) >= 11 is -2.03. The number of carboxylic acid groups (broad SMARTS) is 2. The van der Waals surface area contributed by atoms with Gasteiger partial charge in [-0.15, -0.1) is 0 Å². The van der Waals surface area contributed by atoms with Crippen molar-refractivity contribution in [3.63, 3.8) is 0 Å². The van der Waals surface area contributed by atoms with Crippen LogP contribution in [0.15, 0.2) is 0 Å². The van der Waals surface area contributed by atoms with Crippen LogP contribution in [0, 0.1) is 0 Å². The number of unbranched alkanes of at least 4 members (excludes halogenated alkanes) is 36. The van der Waals surface area contributed by atoms with Gasteiger partial charge in [0.15, 0.2) is 0 Å². The Morgan fingerprint density at radius 1 is 0.302 bits per heavy atom. The third-order valence-electron chi connectivity index (χ3n) is 12.0. The summed E-state index contributed by atoms with van der Waals surface area (Å²) in [6.45, 7) is 13.6. The maximum absolute atomic E-state index is 11.9. The quantitative estimate of drug-likeness (QED) is 0.0447. The molecule has 0 bridgehead atoms. The molecule has 0 N–H and O–H groups in total. The Labute approximate surface area is 414 Å². The van der Waals surface area contributed by atoms with Gasteiger partial charge in [0.05, 0.1) is 0 Å². The van der Waals surface area contributed by atoms with Crippen molar-refractivity contribution in [1.82, 2.24) is 0 Å². The van der Waals surface area contributed by atoms with E-state index in [9.17, 15) is 22.9 Å². The van der Waals surface area contributed by atoms with Gasteiger partial charge in [-0.05, 0) is 25.7 Å². The normalized spacial score (nSPS) is 10.5. The second-order valence-corrected chi connectivity index (χ2v) is 29.0. The Hall–Kier alpha value is 0.337. The zero-order chi connectivity index (χ0) is 47.4. The summed E-state index contributed by atoms with van der Waals surface area (Å²) in [7, 11) is 0. The van der Waals surface area contributed by atoms with Crippen LogP contribution in [0.4, 0.5) is 0 Å². The van der Waals surface area contributed by atoms with Crippen LogP contribution in [0.5, 0.6) is 0 Å². The van der Waals surface area contributed by atoms with Crippen molar-refractivity contribution in [3.8, 4) is 0 Å². The van der Waals surface area contributed by atoms with E-state index in [0.717, 1.165) is 34.6 Å². The van der Waals surface area contributed by atoms with Crippen molar-refractivity contribution in [2.45, 2.75) is 342 Å². The Bertz CT molecular complexity index is 775. The number of hydrogen-bond donors (Lipinski definition) is 0. The topological polar surface area (TPSA) is 97.3 Å². The second-order valence-electron chi connectivity index (χ2n) is 18.8. The van der Waals surface area contributed by atoms with E-state index in [2.05, 4.69) is 41.5 Å². The minimum absolute atomic E-state index is 0.0736. The van der Waals surface area contributed by atoms with Gasteiger partial charge >= 0.3 is 244 Å². The minimum atomic E-state index is -2.11. The molecule has 0 saturated heterocycles. The predicted molar refractivity (Wildman–Crippen MR) is 279 cm³/mol. The first-order valence-corrected chi connectivity index (χ1v) is 37.6. The maximum atomic E-state index is 11.9. The monoisotopic (exact) mass is 1110 g/mol. The summed E-state index contributed by atoms with van der Waals surface area (Å²) in [5.41, 5.74) is 0. The predicted octanol–water partition coefficient (Wildman–Crippen LogP) is 17.7. The van der Waals surface area contributed by atoms with Gasteiger partial charge in [-0.1, -0.05) is 117 Å². The van der Waals surface area contributed by atoms with Gasteiger partial charge in [0.1, 0.15) is 0 Å². The van der Waals surface area contributed by atoms with Crippen LogP contribution in [0.3, 0.4) is 0 Å². The van der Waals surface area contributed by atoms with Crippen LogP contribution < -0.4 is 10.2 Å². The summed E-state index contributed by atoms with van der Waals surface area (Å²) in [4.78, 5) is 20.2. The van der Waals surface area contributed by atoms with E-state index in [1.54, 1.807) is 21.7 Å². The van der Waals surface area contributed by atoms with Crippen LogP contribution in [0.2, 0.25) is 17.7 Å². The van der Waals surface area contributed by atoms with Crippen LogP contribution in [0.25, 0.3) is 0 Å². The van der Waals surface area contributed by atoms with E-state index in [0.29, 0.717) is 0 Å².